The molecule has 0 radical (unpaired) electrons. The van der Waals surface area contributed by atoms with Crippen LogP contribution in [0.15, 0.2) is 22.7 Å². The largest absolute Gasteiger partial charge is 0.339 e. The summed E-state index contributed by atoms with van der Waals surface area (Å²) in [4.78, 5) is 4.49. The fourth-order valence-electron chi connectivity index (χ4n) is 2.52. The van der Waals surface area contributed by atoms with Gasteiger partial charge in [-0.05, 0) is 37.6 Å². The molecule has 3 rings (SSSR count). The standard InChI is InChI=1S/C14H15Cl2N3O/c1-8-11(4-5-17-8)14-18-13(19-20-14)6-9-2-3-10(15)7-12(9)16/h2-3,7-8,11,17H,4-6H2,1H3. The molecule has 1 N–H and O–H groups in total. The van der Waals surface area contributed by atoms with Crippen molar-refractivity contribution in [3.63, 3.8) is 0 Å². The van der Waals surface area contributed by atoms with Crippen LogP contribution >= 0.6 is 23.2 Å². The fraction of sp³-hybridized carbons (Fsp3) is 0.429. The molecule has 1 saturated heterocycles. The van der Waals surface area contributed by atoms with E-state index in [9.17, 15) is 0 Å². The van der Waals surface area contributed by atoms with E-state index in [1.54, 1.807) is 6.07 Å². The summed E-state index contributed by atoms with van der Waals surface area (Å²) in [6.45, 7) is 3.13. The molecule has 20 heavy (non-hydrogen) atoms. The Hall–Kier alpha value is -1.10. The summed E-state index contributed by atoms with van der Waals surface area (Å²) in [5, 5.41) is 8.68. The summed E-state index contributed by atoms with van der Waals surface area (Å²) in [6, 6.07) is 5.80. The monoisotopic (exact) mass is 311 g/mol. The summed E-state index contributed by atoms with van der Waals surface area (Å²) in [5.74, 6) is 1.67. The molecule has 1 aromatic carbocycles. The smallest absolute Gasteiger partial charge is 0.231 e. The topological polar surface area (TPSA) is 51.0 Å². The Morgan fingerprint density at radius 2 is 2.25 bits per heavy atom. The molecule has 2 atom stereocenters. The SMILES string of the molecule is CC1NCCC1c1nc(Cc2ccc(Cl)cc2Cl)no1. The van der Waals surface area contributed by atoms with Gasteiger partial charge in [-0.1, -0.05) is 34.4 Å². The summed E-state index contributed by atoms with van der Waals surface area (Å²) in [7, 11) is 0. The second kappa shape index (κ2) is 5.72. The molecule has 1 aromatic heterocycles. The van der Waals surface area contributed by atoms with Crippen LogP contribution in [0.2, 0.25) is 10.0 Å². The van der Waals surface area contributed by atoms with Gasteiger partial charge in [-0.25, -0.2) is 0 Å². The van der Waals surface area contributed by atoms with Crippen molar-refractivity contribution in [3.05, 3.63) is 45.5 Å². The number of nitrogens with zero attached hydrogens (tertiary/aromatic N) is 2. The first-order valence-electron chi connectivity index (χ1n) is 6.63. The average molecular weight is 312 g/mol. The van der Waals surface area contributed by atoms with E-state index < -0.39 is 0 Å². The van der Waals surface area contributed by atoms with Crippen LogP contribution in [0.1, 0.15) is 36.5 Å². The maximum Gasteiger partial charge on any atom is 0.231 e. The lowest BCUT2D eigenvalue weighted by atomic mass is 10.0. The molecule has 1 aliphatic rings. The van der Waals surface area contributed by atoms with Crippen molar-refractivity contribution >= 4 is 23.2 Å². The lowest BCUT2D eigenvalue weighted by molar-refractivity contribution is 0.342. The van der Waals surface area contributed by atoms with E-state index in [4.69, 9.17) is 27.7 Å². The van der Waals surface area contributed by atoms with E-state index in [0.717, 1.165) is 18.5 Å². The van der Waals surface area contributed by atoms with Crippen molar-refractivity contribution in [2.24, 2.45) is 0 Å². The van der Waals surface area contributed by atoms with Gasteiger partial charge in [0.2, 0.25) is 5.89 Å². The zero-order chi connectivity index (χ0) is 14.1. The quantitative estimate of drug-likeness (QED) is 0.943. The maximum absolute atomic E-state index is 6.16. The van der Waals surface area contributed by atoms with Crippen LogP contribution in [0.4, 0.5) is 0 Å². The number of rotatable bonds is 3. The van der Waals surface area contributed by atoms with E-state index in [-0.39, 0.29) is 0 Å². The van der Waals surface area contributed by atoms with Crippen molar-refractivity contribution < 1.29 is 4.52 Å². The van der Waals surface area contributed by atoms with E-state index in [1.807, 2.05) is 12.1 Å². The number of halogens is 2. The van der Waals surface area contributed by atoms with Gasteiger partial charge >= 0.3 is 0 Å². The summed E-state index contributed by atoms with van der Waals surface area (Å²) in [6.07, 6.45) is 1.58. The van der Waals surface area contributed by atoms with E-state index >= 15 is 0 Å². The van der Waals surface area contributed by atoms with Crippen LogP contribution in [0.5, 0.6) is 0 Å². The van der Waals surface area contributed by atoms with Gasteiger partial charge in [0.1, 0.15) is 0 Å². The molecule has 1 aliphatic heterocycles. The summed E-state index contributed by atoms with van der Waals surface area (Å²) < 4.78 is 5.38. The summed E-state index contributed by atoms with van der Waals surface area (Å²) in [5.41, 5.74) is 0.945. The Kier molecular flexibility index (Phi) is 3.96. The van der Waals surface area contributed by atoms with E-state index in [1.165, 1.54) is 0 Å². The second-order valence-corrected chi connectivity index (χ2v) is 5.94. The zero-order valence-corrected chi connectivity index (χ0v) is 12.6. The van der Waals surface area contributed by atoms with Crippen molar-refractivity contribution in [2.75, 3.05) is 6.54 Å². The summed E-state index contributed by atoms with van der Waals surface area (Å²) >= 11 is 12.0. The molecule has 2 heterocycles. The van der Waals surface area contributed by atoms with Crippen LogP contribution in [0, 0.1) is 0 Å². The number of hydrogen-bond acceptors (Lipinski definition) is 4. The maximum atomic E-state index is 6.16. The molecule has 2 aromatic rings. The number of aromatic nitrogens is 2. The first-order chi connectivity index (χ1) is 9.63. The third kappa shape index (κ3) is 2.82. The van der Waals surface area contributed by atoms with Gasteiger partial charge in [0.05, 0.1) is 5.92 Å². The first kappa shape index (κ1) is 13.9. The molecular weight excluding hydrogens is 297 g/mol. The highest BCUT2D eigenvalue weighted by Gasteiger charge is 2.29. The van der Waals surface area contributed by atoms with Gasteiger partial charge < -0.3 is 9.84 Å². The minimum atomic E-state index is 0.303. The average Bonchev–Trinajstić information content (AvgIpc) is 3.01. The minimum Gasteiger partial charge on any atom is -0.339 e. The van der Waals surface area contributed by atoms with E-state index in [2.05, 4.69) is 22.4 Å². The highest BCUT2D eigenvalue weighted by atomic mass is 35.5. The van der Waals surface area contributed by atoms with Crippen molar-refractivity contribution in [3.8, 4) is 0 Å². The van der Waals surface area contributed by atoms with E-state index in [0.29, 0.717) is 40.1 Å². The molecule has 0 bridgehead atoms. The Balaban J connectivity index is 1.77. The Labute approximate surface area is 127 Å². The fourth-order valence-corrected chi connectivity index (χ4v) is 3.00. The molecule has 2 unspecified atom stereocenters. The van der Waals surface area contributed by atoms with Crippen LogP contribution in [0.25, 0.3) is 0 Å². The lowest BCUT2D eigenvalue weighted by Gasteiger charge is -2.08. The predicted octanol–water partition coefficient (Wildman–Crippen LogP) is 3.43. The molecule has 0 aliphatic carbocycles. The molecule has 0 spiro atoms. The molecule has 4 nitrogen and oxygen atoms in total. The van der Waals surface area contributed by atoms with Crippen LogP contribution in [-0.4, -0.2) is 22.7 Å². The van der Waals surface area contributed by atoms with Crippen molar-refractivity contribution in [1.29, 1.82) is 0 Å². The van der Waals surface area contributed by atoms with Gasteiger partial charge in [-0.15, -0.1) is 0 Å². The normalized spacial score (nSPS) is 22.4. The van der Waals surface area contributed by atoms with Gasteiger partial charge in [0, 0.05) is 22.5 Å². The number of hydrogen-bond donors (Lipinski definition) is 1. The van der Waals surface area contributed by atoms with Crippen LogP contribution < -0.4 is 5.32 Å². The zero-order valence-electron chi connectivity index (χ0n) is 11.1. The van der Waals surface area contributed by atoms with Gasteiger partial charge in [-0.3, -0.25) is 0 Å². The molecular formula is C14H15Cl2N3O. The molecule has 6 heteroatoms. The first-order valence-corrected chi connectivity index (χ1v) is 7.39. The Morgan fingerprint density at radius 1 is 1.40 bits per heavy atom. The highest BCUT2D eigenvalue weighted by molar-refractivity contribution is 6.35. The van der Waals surface area contributed by atoms with Gasteiger partial charge in [0.15, 0.2) is 5.82 Å². The minimum absolute atomic E-state index is 0.303. The van der Waals surface area contributed by atoms with Crippen molar-refractivity contribution in [1.82, 2.24) is 15.5 Å². The number of benzene rings is 1. The molecule has 1 fully saturated rings. The highest BCUT2D eigenvalue weighted by Crippen LogP contribution is 2.27. The predicted molar refractivity (Wildman–Crippen MR) is 78.4 cm³/mol. The molecule has 0 amide bonds. The third-order valence-corrected chi connectivity index (χ3v) is 4.28. The third-order valence-electron chi connectivity index (χ3n) is 3.69. The van der Waals surface area contributed by atoms with Gasteiger partial charge in [-0.2, -0.15) is 4.98 Å². The Bertz CT molecular complexity index is 614. The number of nitrogens with one attached hydrogen (secondary N) is 1. The molecule has 106 valence electrons. The molecule has 0 saturated carbocycles. The lowest BCUT2D eigenvalue weighted by Crippen LogP contribution is -2.21. The van der Waals surface area contributed by atoms with Gasteiger partial charge in [0.25, 0.3) is 0 Å². The van der Waals surface area contributed by atoms with Crippen molar-refractivity contribution in [2.45, 2.75) is 31.7 Å². The van der Waals surface area contributed by atoms with Crippen LogP contribution in [0.3, 0.4) is 0 Å². The second-order valence-electron chi connectivity index (χ2n) is 5.10. The van der Waals surface area contributed by atoms with Crippen LogP contribution in [-0.2, 0) is 6.42 Å². The Morgan fingerprint density at radius 3 is 2.95 bits per heavy atom.